The third kappa shape index (κ3) is 4.53. The first-order valence-electron chi connectivity index (χ1n) is 7.57. The van der Waals surface area contributed by atoms with Crippen LogP contribution >= 0.6 is 0 Å². The van der Waals surface area contributed by atoms with E-state index >= 15 is 0 Å². The van der Waals surface area contributed by atoms with Crippen LogP contribution in [0.25, 0.3) is 0 Å². The van der Waals surface area contributed by atoms with Crippen molar-refractivity contribution in [3.8, 4) is 0 Å². The first-order valence-corrected chi connectivity index (χ1v) is 9.39. The van der Waals surface area contributed by atoms with Crippen molar-refractivity contribution in [2.75, 3.05) is 25.2 Å². The molecule has 4 nitrogen and oxygen atoms in total. The van der Waals surface area contributed by atoms with Crippen LogP contribution in [-0.4, -0.2) is 33.6 Å². The Kier molecular flexibility index (Phi) is 5.79. The fourth-order valence-electron chi connectivity index (χ4n) is 2.93. The second kappa shape index (κ2) is 7.38. The molecular weight excluding hydrogens is 286 g/mol. The largest absolute Gasteiger partial charge is 0.380 e. The van der Waals surface area contributed by atoms with Gasteiger partial charge in [0.05, 0.1) is 18.1 Å². The molecule has 1 fully saturated rings. The summed E-state index contributed by atoms with van der Waals surface area (Å²) >= 11 is 0. The van der Waals surface area contributed by atoms with Gasteiger partial charge in [0.2, 0.25) is 0 Å². The summed E-state index contributed by atoms with van der Waals surface area (Å²) in [5, 5.41) is 3.52. The van der Waals surface area contributed by atoms with Crippen molar-refractivity contribution in [3.05, 3.63) is 35.4 Å². The van der Waals surface area contributed by atoms with E-state index in [0.717, 1.165) is 24.9 Å². The lowest BCUT2D eigenvalue weighted by molar-refractivity contribution is 0.185. The topological polar surface area (TPSA) is 55.4 Å². The van der Waals surface area contributed by atoms with Crippen molar-refractivity contribution in [3.63, 3.8) is 0 Å². The van der Waals surface area contributed by atoms with Crippen LogP contribution in [0.1, 0.15) is 36.9 Å². The molecule has 1 saturated heterocycles. The molecule has 1 heterocycles. The van der Waals surface area contributed by atoms with Gasteiger partial charge < -0.3 is 10.1 Å². The maximum atomic E-state index is 11.7. The van der Waals surface area contributed by atoms with Crippen molar-refractivity contribution in [1.29, 1.82) is 0 Å². The van der Waals surface area contributed by atoms with Crippen LogP contribution in [0, 0.1) is 5.92 Å². The third-order valence-corrected chi connectivity index (χ3v) is 5.80. The summed E-state index contributed by atoms with van der Waals surface area (Å²) in [5.41, 5.74) is 2.31. The van der Waals surface area contributed by atoms with E-state index in [1.807, 2.05) is 0 Å². The molecule has 0 saturated carbocycles. The number of hydrogen-bond donors (Lipinski definition) is 1. The molecule has 1 aromatic carbocycles. The predicted molar refractivity (Wildman–Crippen MR) is 85.0 cm³/mol. The number of methoxy groups -OCH3 is 1. The standard InChI is InChI=1S/C16H25NO3S/c1-3-9-17-16(15-8-10-21(18,19)12-15)14-6-4-13(5-7-14)11-20-2/h4-7,15-17H,3,8-12H2,1-2H3. The lowest BCUT2D eigenvalue weighted by Gasteiger charge is -2.24. The van der Waals surface area contributed by atoms with Gasteiger partial charge in [-0.25, -0.2) is 8.42 Å². The van der Waals surface area contributed by atoms with E-state index in [2.05, 4.69) is 36.5 Å². The van der Waals surface area contributed by atoms with E-state index < -0.39 is 9.84 Å². The van der Waals surface area contributed by atoms with Crippen LogP contribution < -0.4 is 5.32 Å². The molecule has 118 valence electrons. The highest BCUT2D eigenvalue weighted by atomic mass is 32.2. The van der Waals surface area contributed by atoms with Gasteiger partial charge in [-0.2, -0.15) is 0 Å². The average Bonchev–Trinajstić information content (AvgIpc) is 2.81. The quantitative estimate of drug-likeness (QED) is 0.839. The Labute approximate surface area is 127 Å². The molecule has 0 aliphatic carbocycles. The lowest BCUT2D eigenvalue weighted by Crippen LogP contribution is -2.29. The number of hydrogen-bond acceptors (Lipinski definition) is 4. The van der Waals surface area contributed by atoms with Crippen molar-refractivity contribution >= 4 is 9.84 Å². The van der Waals surface area contributed by atoms with Gasteiger partial charge in [0, 0.05) is 13.2 Å². The molecule has 0 bridgehead atoms. The minimum Gasteiger partial charge on any atom is -0.380 e. The molecule has 0 spiro atoms. The molecule has 1 aromatic rings. The molecule has 2 atom stereocenters. The molecule has 0 amide bonds. The van der Waals surface area contributed by atoms with Crippen molar-refractivity contribution in [1.82, 2.24) is 5.32 Å². The molecule has 5 heteroatoms. The normalized spacial score (nSPS) is 22.3. The van der Waals surface area contributed by atoms with Gasteiger partial charge in [-0.1, -0.05) is 31.2 Å². The summed E-state index contributed by atoms with van der Waals surface area (Å²) < 4.78 is 28.6. The number of benzene rings is 1. The summed E-state index contributed by atoms with van der Waals surface area (Å²) in [6.45, 7) is 3.63. The average molecular weight is 311 g/mol. The fourth-order valence-corrected chi connectivity index (χ4v) is 4.77. The highest BCUT2D eigenvalue weighted by molar-refractivity contribution is 7.91. The van der Waals surface area contributed by atoms with Crippen LogP contribution in [0.2, 0.25) is 0 Å². The molecule has 0 radical (unpaired) electrons. The lowest BCUT2D eigenvalue weighted by atomic mass is 9.92. The molecule has 1 aliphatic heterocycles. The van der Waals surface area contributed by atoms with E-state index in [-0.39, 0.29) is 12.0 Å². The minimum atomic E-state index is -2.85. The Bertz CT molecular complexity index is 539. The zero-order chi connectivity index (χ0) is 15.3. The highest BCUT2D eigenvalue weighted by Crippen LogP contribution is 2.31. The Morgan fingerprint density at radius 1 is 1.33 bits per heavy atom. The monoisotopic (exact) mass is 311 g/mol. The fraction of sp³-hybridized carbons (Fsp3) is 0.625. The zero-order valence-corrected chi connectivity index (χ0v) is 13.7. The number of ether oxygens (including phenoxy) is 1. The Hall–Kier alpha value is -0.910. The maximum absolute atomic E-state index is 11.7. The first-order chi connectivity index (χ1) is 10.1. The Balaban J connectivity index is 2.15. The maximum Gasteiger partial charge on any atom is 0.150 e. The summed E-state index contributed by atoms with van der Waals surface area (Å²) in [6.07, 6.45) is 1.79. The summed E-state index contributed by atoms with van der Waals surface area (Å²) in [7, 11) is -1.17. The van der Waals surface area contributed by atoms with Gasteiger partial charge in [0.25, 0.3) is 0 Å². The van der Waals surface area contributed by atoms with Gasteiger partial charge in [-0.05, 0) is 36.4 Å². The van der Waals surface area contributed by atoms with Crippen molar-refractivity contribution in [2.24, 2.45) is 5.92 Å². The SMILES string of the molecule is CCCNC(c1ccc(COC)cc1)C1CCS(=O)(=O)C1. The zero-order valence-electron chi connectivity index (χ0n) is 12.8. The molecule has 2 unspecified atom stereocenters. The number of sulfone groups is 1. The molecular formula is C16H25NO3S. The molecule has 2 rings (SSSR count). The van der Waals surface area contributed by atoms with Gasteiger partial charge in [0.15, 0.2) is 9.84 Å². The predicted octanol–water partition coefficient (Wildman–Crippen LogP) is 2.31. The smallest absolute Gasteiger partial charge is 0.150 e. The second-order valence-corrected chi connectivity index (χ2v) is 8.00. The second-order valence-electron chi connectivity index (χ2n) is 5.77. The first kappa shape index (κ1) is 16.5. The van der Waals surface area contributed by atoms with Crippen molar-refractivity contribution in [2.45, 2.75) is 32.4 Å². The van der Waals surface area contributed by atoms with Crippen LogP contribution in [0.3, 0.4) is 0 Å². The molecule has 0 aromatic heterocycles. The highest BCUT2D eigenvalue weighted by Gasteiger charge is 2.34. The van der Waals surface area contributed by atoms with Gasteiger partial charge >= 0.3 is 0 Å². The van der Waals surface area contributed by atoms with Gasteiger partial charge in [-0.15, -0.1) is 0 Å². The number of nitrogens with one attached hydrogen (secondary N) is 1. The van der Waals surface area contributed by atoms with Gasteiger partial charge in [0.1, 0.15) is 0 Å². The van der Waals surface area contributed by atoms with Crippen molar-refractivity contribution < 1.29 is 13.2 Å². The Morgan fingerprint density at radius 2 is 2.05 bits per heavy atom. The van der Waals surface area contributed by atoms with E-state index in [1.165, 1.54) is 5.56 Å². The minimum absolute atomic E-state index is 0.124. The van der Waals surface area contributed by atoms with E-state index in [0.29, 0.717) is 18.1 Å². The van der Waals surface area contributed by atoms with Crippen LogP contribution in [0.5, 0.6) is 0 Å². The Morgan fingerprint density at radius 3 is 2.57 bits per heavy atom. The third-order valence-electron chi connectivity index (χ3n) is 4.00. The molecule has 1 aliphatic rings. The van der Waals surface area contributed by atoms with Crippen LogP contribution in [-0.2, 0) is 21.2 Å². The van der Waals surface area contributed by atoms with E-state index in [1.54, 1.807) is 7.11 Å². The van der Waals surface area contributed by atoms with Crippen LogP contribution in [0.4, 0.5) is 0 Å². The van der Waals surface area contributed by atoms with Gasteiger partial charge in [-0.3, -0.25) is 0 Å². The van der Waals surface area contributed by atoms with Crippen LogP contribution in [0.15, 0.2) is 24.3 Å². The summed E-state index contributed by atoms with van der Waals surface area (Å²) in [6, 6.07) is 8.42. The summed E-state index contributed by atoms with van der Waals surface area (Å²) in [5.74, 6) is 0.799. The molecule has 21 heavy (non-hydrogen) atoms. The molecule has 1 N–H and O–H groups in total. The number of rotatable bonds is 7. The van der Waals surface area contributed by atoms with E-state index in [9.17, 15) is 8.42 Å². The van der Waals surface area contributed by atoms with E-state index in [4.69, 9.17) is 4.74 Å². The summed E-state index contributed by atoms with van der Waals surface area (Å²) in [4.78, 5) is 0.